The summed E-state index contributed by atoms with van der Waals surface area (Å²) in [5.74, 6) is 0. The quantitative estimate of drug-likeness (QED) is 0.621. The monoisotopic (exact) mass is 138 g/mol. The van der Waals surface area contributed by atoms with Crippen LogP contribution in [0, 0.1) is 0 Å². The molecule has 0 saturated heterocycles. The maximum absolute atomic E-state index is 8.54. The normalized spacial score (nSPS) is 8.86. The van der Waals surface area contributed by atoms with Gasteiger partial charge in [-0.2, -0.15) is 0 Å². The second kappa shape index (κ2) is 4.52. The van der Waals surface area contributed by atoms with E-state index >= 15 is 0 Å². The Balaban J connectivity index is 2.82. The zero-order valence-corrected chi connectivity index (χ0v) is 5.75. The van der Waals surface area contributed by atoms with E-state index in [4.69, 9.17) is 5.11 Å². The molecular formula is C5H10CrO. The molecule has 0 saturated carbocycles. The fraction of sp³-hybridized carbons (Fsp3) is 0.800. The molecule has 0 heterocycles. The van der Waals surface area contributed by atoms with E-state index in [9.17, 15) is 0 Å². The fourth-order valence-corrected chi connectivity index (χ4v) is 0.553. The molecule has 1 nitrogen and oxygen atoms in total. The summed E-state index contributed by atoms with van der Waals surface area (Å²) in [5, 5.41) is 8.54. The minimum absolute atomic E-state index is 0.432. The van der Waals surface area contributed by atoms with Gasteiger partial charge in [0.25, 0.3) is 0 Å². The van der Waals surface area contributed by atoms with Crippen molar-refractivity contribution in [2.75, 3.05) is 0 Å². The second-order valence-electron chi connectivity index (χ2n) is 1.50. The van der Waals surface area contributed by atoms with Crippen LogP contribution in [-0.4, -0.2) is 9.67 Å². The summed E-state index contributed by atoms with van der Waals surface area (Å²) in [6, 6.07) is 0. The van der Waals surface area contributed by atoms with Crippen molar-refractivity contribution in [3.05, 3.63) is 0 Å². The van der Waals surface area contributed by atoms with E-state index in [1.165, 1.54) is 0 Å². The Kier molecular flexibility index (Phi) is 4.75. The molecule has 0 aromatic carbocycles. The number of aliphatic hydroxyl groups excluding tert-OH is 1. The van der Waals surface area contributed by atoms with Gasteiger partial charge in [-0.15, -0.1) is 0 Å². The van der Waals surface area contributed by atoms with Gasteiger partial charge in [0, 0.05) is 0 Å². The third-order valence-corrected chi connectivity index (χ3v) is 1.06. The van der Waals surface area contributed by atoms with Crippen LogP contribution in [0.2, 0.25) is 0 Å². The van der Waals surface area contributed by atoms with Crippen molar-refractivity contribution in [2.45, 2.75) is 26.2 Å². The fourth-order valence-electron chi connectivity index (χ4n) is 0.328. The minimum atomic E-state index is 0.432. The number of hydrogen-bond donors (Lipinski definition) is 1. The van der Waals surface area contributed by atoms with Crippen LogP contribution in [-0.2, 0) is 15.9 Å². The van der Waals surface area contributed by atoms with E-state index in [1.807, 2.05) is 0 Å². The van der Waals surface area contributed by atoms with Crippen LogP contribution in [0.5, 0.6) is 0 Å². The first-order valence-corrected chi connectivity index (χ1v) is 3.13. The number of aliphatic hydroxyl groups is 1. The van der Waals surface area contributed by atoms with Gasteiger partial charge in [0.1, 0.15) is 0 Å². The molecule has 1 N–H and O–H groups in total. The molecule has 0 amide bonds. The van der Waals surface area contributed by atoms with Crippen LogP contribution in [0.1, 0.15) is 26.2 Å². The van der Waals surface area contributed by atoms with Gasteiger partial charge in [-0.25, -0.2) is 0 Å². The predicted molar refractivity (Wildman–Crippen MR) is 26.5 cm³/mol. The first kappa shape index (κ1) is 7.36. The van der Waals surface area contributed by atoms with Gasteiger partial charge >= 0.3 is 51.7 Å². The molecule has 0 spiro atoms. The first-order valence-electron chi connectivity index (χ1n) is 2.49. The molecule has 42 valence electrons. The average molecular weight is 138 g/mol. The van der Waals surface area contributed by atoms with Crippen LogP contribution in [0.3, 0.4) is 0 Å². The summed E-state index contributed by atoms with van der Waals surface area (Å²) in [5.41, 5.74) is 0. The average Bonchev–Trinajstić information content (AvgIpc) is 1.61. The molecule has 0 radical (unpaired) electrons. The van der Waals surface area contributed by atoms with E-state index < -0.39 is 0 Å². The molecule has 0 bridgehead atoms. The molecule has 7 heavy (non-hydrogen) atoms. The van der Waals surface area contributed by atoms with Gasteiger partial charge in [-0.3, -0.25) is 0 Å². The van der Waals surface area contributed by atoms with Crippen LogP contribution in [0.4, 0.5) is 0 Å². The summed E-state index contributed by atoms with van der Waals surface area (Å²) in [7, 11) is 0. The van der Waals surface area contributed by atoms with Gasteiger partial charge in [0.2, 0.25) is 0 Å². The molecule has 2 heteroatoms. The molecule has 0 aliphatic carbocycles. The molecule has 0 unspecified atom stereocenters. The molecule has 0 aromatic rings. The van der Waals surface area contributed by atoms with E-state index in [-0.39, 0.29) is 0 Å². The summed E-state index contributed by atoms with van der Waals surface area (Å²) >= 11 is 2.55. The van der Waals surface area contributed by atoms with Crippen molar-refractivity contribution in [3.8, 4) is 0 Å². The van der Waals surface area contributed by atoms with Crippen LogP contribution in [0.15, 0.2) is 0 Å². The predicted octanol–water partition coefficient (Wildman–Crippen LogP) is 1.23. The third-order valence-electron chi connectivity index (χ3n) is 0.744. The van der Waals surface area contributed by atoms with Crippen molar-refractivity contribution in [3.63, 3.8) is 0 Å². The molecule has 0 atom stereocenters. The van der Waals surface area contributed by atoms with Crippen LogP contribution < -0.4 is 0 Å². The van der Waals surface area contributed by atoms with Crippen molar-refractivity contribution in [1.82, 2.24) is 0 Å². The molecule has 0 aromatic heterocycles. The van der Waals surface area contributed by atoms with Gasteiger partial charge in [-0.1, -0.05) is 0 Å². The van der Waals surface area contributed by atoms with E-state index in [2.05, 4.69) is 22.8 Å². The van der Waals surface area contributed by atoms with E-state index in [1.54, 1.807) is 0 Å². The molecule has 0 rings (SSSR count). The van der Waals surface area contributed by atoms with Gasteiger partial charge in [0.05, 0.1) is 0 Å². The number of hydrogen-bond acceptors (Lipinski definition) is 1. The summed E-state index contributed by atoms with van der Waals surface area (Å²) in [6.07, 6.45) is 3.04. The molecular weight excluding hydrogens is 128 g/mol. The Hall–Kier alpha value is 0.362. The number of rotatable bonds is 3. The summed E-state index contributed by atoms with van der Waals surface area (Å²) in [6.45, 7) is 2.10. The van der Waals surface area contributed by atoms with Crippen molar-refractivity contribution in [1.29, 1.82) is 0 Å². The second-order valence-corrected chi connectivity index (χ2v) is 2.23. The molecule has 0 aliphatic heterocycles. The SMILES string of the molecule is CCCC[C](O)=[Cr]. The zero-order valence-electron chi connectivity index (χ0n) is 4.48. The Morgan fingerprint density at radius 3 is 2.43 bits per heavy atom. The Labute approximate surface area is 52.3 Å². The van der Waals surface area contributed by atoms with Gasteiger partial charge in [0.15, 0.2) is 0 Å². The first-order chi connectivity index (χ1) is 3.27. The molecule has 0 aliphatic rings. The van der Waals surface area contributed by atoms with Crippen LogP contribution in [0.25, 0.3) is 0 Å². The summed E-state index contributed by atoms with van der Waals surface area (Å²) < 4.78 is 0.432. The van der Waals surface area contributed by atoms with Gasteiger partial charge in [-0.05, 0) is 0 Å². The maximum atomic E-state index is 8.54. The van der Waals surface area contributed by atoms with Crippen molar-refractivity contribution >= 4 is 4.57 Å². The van der Waals surface area contributed by atoms with Crippen molar-refractivity contribution in [2.24, 2.45) is 0 Å². The third kappa shape index (κ3) is 6.36. The van der Waals surface area contributed by atoms with Gasteiger partial charge < -0.3 is 0 Å². The number of unbranched alkanes of at least 4 members (excludes halogenated alkanes) is 1. The Morgan fingerprint density at radius 2 is 2.29 bits per heavy atom. The Morgan fingerprint density at radius 1 is 1.71 bits per heavy atom. The Bertz CT molecular complexity index is 61.1. The topological polar surface area (TPSA) is 20.2 Å². The van der Waals surface area contributed by atoms with E-state index in [0.717, 1.165) is 19.3 Å². The summed E-state index contributed by atoms with van der Waals surface area (Å²) in [4.78, 5) is 0. The molecule has 0 fully saturated rings. The van der Waals surface area contributed by atoms with Crippen LogP contribution >= 0.6 is 0 Å². The standard InChI is InChI=1S/C5H10O.Cr/c1-2-3-4-5-6;/h6H,2-4H2,1H3;. The van der Waals surface area contributed by atoms with E-state index in [0.29, 0.717) is 4.57 Å². The van der Waals surface area contributed by atoms with Crippen molar-refractivity contribution < 1.29 is 21.0 Å². The zero-order chi connectivity index (χ0) is 5.70.